The zero-order chi connectivity index (χ0) is 14.8. The summed E-state index contributed by atoms with van der Waals surface area (Å²) < 4.78 is 13.9. The third kappa shape index (κ3) is 3.62. The summed E-state index contributed by atoms with van der Waals surface area (Å²) in [7, 11) is 0. The average Bonchev–Trinajstić information content (AvgIpc) is 3.13. The first kappa shape index (κ1) is 14.6. The summed E-state index contributed by atoms with van der Waals surface area (Å²) in [5, 5.41) is 0. The molecule has 0 spiro atoms. The molecule has 0 aromatic heterocycles. The Balaban J connectivity index is 1.93. The summed E-state index contributed by atoms with van der Waals surface area (Å²) in [6, 6.07) is 4.97. The molecular weight excluding hydrogens is 251 g/mol. The first-order chi connectivity index (χ1) is 9.41. The third-order valence-electron chi connectivity index (χ3n) is 3.97. The van der Waals surface area contributed by atoms with E-state index in [9.17, 15) is 4.39 Å². The molecule has 0 atom stereocenters. The van der Waals surface area contributed by atoms with Crippen molar-refractivity contribution in [2.45, 2.75) is 39.5 Å². The molecular formula is C17H23FN2. The van der Waals surface area contributed by atoms with E-state index in [1.54, 1.807) is 6.07 Å². The number of benzene rings is 1. The zero-order valence-electron chi connectivity index (χ0n) is 12.4. The van der Waals surface area contributed by atoms with Crippen LogP contribution in [-0.4, -0.2) is 0 Å². The van der Waals surface area contributed by atoms with Crippen LogP contribution in [0.4, 0.5) is 10.1 Å². The first-order valence-electron chi connectivity index (χ1n) is 7.05. The van der Waals surface area contributed by atoms with Crippen molar-refractivity contribution in [3.63, 3.8) is 0 Å². The predicted octanol–water partition coefficient (Wildman–Crippen LogP) is 4.87. The van der Waals surface area contributed by atoms with E-state index in [4.69, 9.17) is 0 Å². The van der Waals surface area contributed by atoms with Gasteiger partial charge in [0.2, 0.25) is 0 Å². The summed E-state index contributed by atoms with van der Waals surface area (Å²) in [6.45, 7) is 12.0. The normalized spacial score (nSPS) is 15.6. The molecule has 1 fully saturated rings. The van der Waals surface area contributed by atoms with E-state index in [0.717, 1.165) is 29.7 Å². The smallest absolute Gasteiger partial charge is 0.148 e. The lowest BCUT2D eigenvalue weighted by Crippen LogP contribution is -2.22. The molecule has 2 nitrogen and oxygen atoms in total. The van der Waals surface area contributed by atoms with E-state index >= 15 is 0 Å². The van der Waals surface area contributed by atoms with Crippen molar-refractivity contribution < 1.29 is 4.39 Å². The van der Waals surface area contributed by atoms with E-state index in [-0.39, 0.29) is 5.82 Å². The van der Waals surface area contributed by atoms with Gasteiger partial charge in [-0.3, -0.25) is 5.43 Å². The van der Waals surface area contributed by atoms with E-state index in [0.29, 0.717) is 11.1 Å². The molecule has 0 saturated heterocycles. The number of rotatable bonds is 7. The van der Waals surface area contributed by atoms with E-state index < -0.39 is 0 Å². The SMILES string of the molecule is C=C(CCC1(C)CC1)NNc1c(F)cccc1C(=C)C. The lowest BCUT2D eigenvalue weighted by molar-refractivity contribution is 0.510. The molecule has 2 N–H and O–H groups in total. The van der Waals surface area contributed by atoms with Gasteiger partial charge in [0.25, 0.3) is 0 Å². The maximum atomic E-state index is 13.9. The van der Waals surface area contributed by atoms with Crippen molar-refractivity contribution >= 4 is 11.3 Å². The topological polar surface area (TPSA) is 24.1 Å². The summed E-state index contributed by atoms with van der Waals surface area (Å²) in [6.07, 6.45) is 4.65. The molecule has 20 heavy (non-hydrogen) atoms. The minimum absolute atomic E-state index is 0.292. The van der Waals surface area contributed by atoms with Crippen LogP contribution in [0.3, 0.4) is 0 Å². The fraction of sp³-hybridized carbons (Fsp3) is 0.412. The molecule has 0 heterocycles. The zero-order valence-corrected chi connectivity index (χ0v) is 12.4. The van der Waals surface area contributed by atoms with Gasteiger partial charge in [-0.15, -0.1) is 0 Å². The second kappa shape index (κ2) is 5.70. The Hall–Kier alpha value is -1.77. The van der Waals surface area contributed by atoms with Crippen LogP contribution < -0.4 is 10.9 Å². The Labute approximate surface area is 120 Å². The summed E-state index contributed by atoms with van der Waals surface area (Å²) in [4.78, 5) is 0. The Morgan fingerprint density at radius 1 is 1.35 bits per heavy atom. The fourth-order valence-electron chi connectivity index (χ4n) is 2.14. The van der Waals surface area contributed by atoms with E-state index in [1.165, 1.54) is 18.9 Å². The number of halogens is 1. The third-order valence-corrected chi connectivity index (χ3v) is 3.97. The highest BCUT2D eigenvalue weighted by atomic mass is 19.1. The van der Waals surface area contributed by atoms with Gasteiger partial charge in [-0.2, -0.15) is 0 Å². The van der Waals surface area contributed by atoms with Gasteiger partial charge in [0, 0.05) is 11.3 Å². The molecule has 1 aromatic carbocycles. The summed E-state index contributed by atoms with van der Waals surface area (Å²) >= 11 is 0. The molecule has 108 valence electrons. The van der Waals surface area contributed by atoms with Crippen molar-refractivity contribution in [2.75, 3.05) is 5.43 Å². The number of anilines is 1. The number of para-hydroxylation sites is 1. The van der Waals surface area contributed by atoms with Gasteiger partial charge in [0.05, 0.1) is 5.69 Å². The summed E-state index contributed by atoms with van der Waals surface area (Å²) in [5.41, 5.74) is 9.36. The second-order valence-electron chi connectivity index (χ2n) is 6.11. The van der Waals surface area contributed by atoms with Gasteiger partial charge in [-0.1, -0.05) is 32.2 Å². The average molecular weight is 274 g/mol. The molecule has 0 unspecified atom stereocenters. The molecule has 3 heteroatoms. The van der Waals surface area contributed by atoms with Crippen molar-refractivity contribution in [1.29, 1.82) is 0 Å². The van der Waals surface area contributed by atoms with Gasteiger partial charge in [-0.25, -0.2) is 4.39 Å². The minimum atomic E-state index is -0.292. The lowest BCUT2D eigenvalue weighted by Gasteiger charge is -2.17. The van der Waals surface area contributed by atoms with Crippen molar-refractivity contribution in [2.24, 2.45) is 5.41 Å². The first-order valence-corrected chi connectivity index (χ1v) is 7.05. The molecule has 1 aliphatic carbocycles. The second-order valence-corrected chi connectivity index (χ2v) is 6.11. The van der Waals surface area contributed by atoms with Crippen LogP contribution in [-0.2, 0) is 0 Å². The highest BCUT2D eigenvalue weighted by Crippen LogP contribution is 2.49. The molecule has 0 aliphatic heterocycles. The molecule has 0 bridgehead atoms. The van der Waals surface area contributed by atoms with Gasteiger partial charge in [0.1, 0.15) is 5.82 Å². The van der Waals surface area contributed by atoms with Crippen LogP contribution in [0.2, 0.25) is 0 Å². The molecule has 2 rings (SSSR count). The quantitative estimate of drug-likeness (QED) is 0.693. The Morgan fingerprint density at radius 3 is 2.65 bits per heavy atom. The number of nitrogens with one attached hydrogen (secondary N) is 2. The number of hydrogen-bond acceptors (Lipinski definition) is 2. The standard InChI is InChI=1S/C17H23FN2/c1-12(2)14-6-5-7-15(18)16(14)20-19-13(3)8-9-17(4)10-11-17/h5-7,19-20H,1,3,8-11H2,2,4H3. The van der Waals surface area contributed by atoms with Crippen LogP contribution in [0.5, 0.6) is 0 Å². The minimum Gasteiger partial charge on any atom is -0.306 e. The molecule has 1 saturated carbocycles. The van der Waals surface area contributed by atoms with E-state index in [1.807, 2.05) is 13.0 Å². The van der Waals surface area contributed by atoms with Crippen LogP contribution in [0.15, 0.2) is 37.1 Å². The van der Waals surface area contributed by atoms with Crippen molar-refractivity contribution in [1.82, 2.24) is 5.43 Å². The van der Waals surface area contributed by atoms with Crippen LogP contribution >= 0.6 is 0 Å². The number of hydrazine groups is 1. The van der Waals surface area contributed by atoms with Gasteiger partial charge < -0.3 is 5.43 Å². The Morgan fingerprint density at radius 2 is 2.05 bits per heavy atom. The lowest BCUT2D eigenvalue weighted by atomic mass is 10.0. The highest BCUT2D eigenvalue weighted by molar-refractivity contribution is 5.74. The van der Waals surface area contributed by atoms with Gasteiger partial charge in [0.15, 0.2) is 0 Å². The predicted molar refractivity (Wildman–Crippen MR) is 83.6 cm³/mol. The van der Waals surface area contributed by atoms with Gasteiger partial charge >= 0.3 is 0 Å². The monoisotopic (exact) mass is 274 g/mol. The Bertz CT molecular complexity index is 530. The van der Waals surface area contributed by atoms with Crippen molar-refractivity contribution in [3.05, 3.63) is 48.4 Å². The molecule has 1 aliphatic rings. The molecule has 0 amide bonds. The summed E-state index contributed by atoms with van der Waals surface area (Å²) in [5.74, 6) is -0.292. The fourth-order valence-corrected chi connectivity index (χ4v) is 2.14. The number of hydrogen-bond donors (Lipinski definition) is 2. The number of allylic oxidation sites excluding steroid dienone is 2. The van der Waals surface area contributed by atoms with Crippen molar-refractivity contribution in [3.8, 4) is 0 Å². The maximum absolute atomic E-state index is 13.9. The van der Waals surface area contributed by atoms with Gasteiger partial charge in [-0.05, 0) is 49.7 Å². The van der Waals surface area contributed by atoms with Crippen LogP contribution in [0, 0.1) is 11.2 Å². The van der Waals surface area contributed by atoms with Crippen LogP contribution in [0.25, 0.3) is 5.57 Å². The highest BCUT2D eigenvalue weighted by Gasteiger charge is 2.36. The maximum Gasteiger partial charge on any atom is 0.148 e. The van der Waals surface area contributed by atoms with E-state index in [2.05, 4.69) is 30.9 Å². The molecule has 0 radical (unpaired) electrons. The largest absolute Gasteiger partial charge is 0.306 e. The van der Waals surface area contributed by atoms with Crippen LogP contribution in [0.1, 0.15) is 45.1 Å². The Kier molecular flexibility index (Phi) is 4.17. The molecule has 1 aromatic rings.